The predicted molar refractivity (Wildman–Crippen MR) is 302 cm³/mol. The first-order valence-electron chi connectivity index (χ1n) is 28.3. The van der Waals surface area contributed by atoms with Crippen LogP contribution in [0.15, 0.2) is 60.7 Å². The van der Waals surface area contributed by atoms with Crippen molar-refractivity contribution in [1.82, 2.24) is 0 Å². The molecule has 4 aromatic rings. The molecule has 0 aliphatic rings. The molecule has 0 spiro atoms. The van der Waals surface area contributed by atoms with Gasteiger partial charge in [0, 0.05) is 33.0 Å². The molecule has 0 saturated heterocycles. The van der Waals surface area contributed by atoms with Crippen LogP contribution < -0.4 is 28.4 Å². The van der Waals surface area contributed by atoms with Gasteiger partial charge in [-0.1, -0.05) is 157 Å². The summed E-state index contributed by atoms with van der Waals surface area (Å²) in [5.74, 6) is 4.16. The number of unbranched alkanes of at least 4 members (excludes halogenated alkanes) is 18. The maximum absolute atomic E-state index is 11.3. The van der Waals surface area contributed by atoms with E-state index in [-0.39, 0.29) is 0 Å². The van der Waals surface area contributed by atoms with Gasteiger partial charge in [0.2, 0.25) is 0 Å². The van der Waals surface area contributed by atoms with Crippen LogP contribution >= 0.6 is 0 Å². The van der Waals surface area contributed by atoms with E-state index in [1.165, 1.54) is 12.8 Å². The highest BCUT2D eigenvalue weighted by atomic mass is 16.5. The molecule has 8 nitrogen and oxygen atoms in total. The van der Waals surface area contributed by atoms with Gasteiger partial charge in [0.15, 0.2) is 0 Å². The maximum atomic E-state index is 11.3. The monoisotopic (exact) mass is 983 g/mol. The second-order valence-corrected chi connectivity index (χ2v) is 19.2. The Hall–Kier alpha value is -5.60. The average Bonchev–Trinajstić information content (AvgIpc) is 3.40. The Morgan fingerprint density at radius 2 is 0.625 bits per heavy atom. The van der Waals surface area contributed by atoms with Crippen molar-refractivity contribution in [2.24, 2.45) is 0 Å². The molecule has 0 bridgehead atoms. The lowest BCUT2D eigenvalue weighted by Gasteiger charge is -2.19. The summed E-state index contributed by atoms with van der Waals surface area (Å²) < 4.78 is 39.0. The maximum Gasteiger partial charge on any atom is 0.127 e. The molecule has 0 aromatic heterocycles. The normalized spacial score (nSPS) is 11.6. The summed E-state index contributed by atoms with van der Waals surface area (Å²) in [6, 6.07) is 24.9. The summed E-state index contributed by atoms with van der Waals surface area (Å²) in [4.78, 5) is 0. The van der Waals surface area contributed by atoms with E-state index < -0.39 is 0 Å². The Kier molecular flexibility index (Phi) is 29.8. The third-order valence-electron chi connectivity index (χ3n) is 13.0. The molecular weight excluding hydrogens is 893 g/mol. The number of nitriles is 2. The summed E-state index contributed by atoms with van der Waals surface area (Å²) in [6.07, 6.45) is 29.8. The number of hydrogen-bond donors (Lipinski definition) is 0. The zero-order chi connectivity index (χ0) is 51.4. The quantitative estimate of drug-likeness (QED) is 0.0247. The van der Waals surface area contributed by atoms with Gasteiger partial charge in [-0.05, 0) is 111 Å². The van der Waals surface area contributed by atoms with E-state index in [2.05, 4.69) is 53.7 Å². The van der Waals surface area contributed by atoms with E-state index in [1.807, 2.05) is 72.8 Å². The summed E-state index contributed by atoms with van der Waals surface area (Å²) in [5.41, 5.74) is 3.77. The molecule has 0 unspecified atom stereocenters. The second-order valence-electron chi connectivity index (χ2n) is 19.2. The van der Waals surface area contributed by atoms with Gasteiger partial charge in [0.25, 0.3) is 0 Å². The van der Waals surface area contributed by atoms with Gasteiger partial charge in [0.1, 0.15) is 34.5 Å². The molecule has 0 saturated carbocycles. The average molecular weight is 983 g/mol. The first kappa shape index (κ1) is 59.0. The van der Waals surface area contributed by atoms with Crippen LogP contribution in [0.25, 0.3) is 34.1 Å². The van der Waals surface area contributed by atoms with Gasteiger partial charge in [-0.15, -0.1) is 0 Å². The van der Waals surface area contributed by atoms with Gasteiger partial charge in [-0.2, -0.15) is 10.5 Å². The fraction of sp³-hybridized carbons (Fsp3) is 0.562. The minimum absolute atomic E-state index is 0.434. The molecule has 0 atom stereocenters. The molecule has 4 aromatic carbocycles. The lowest BCUT2D eigenvalue weighted by molar-refractivity contribution is 0.296. The molecular formula is C64H90N2O6. The van der Waals surface area contributed by atoms with Gasteiger partial charge < -0.3 is 28.4 Å². The first-order valence-corrected chi connectivity index (χ1v) is 28.3. The Balaban J connectivity index is 1.98. The fourth-order valence-corrected chi connectivity index (χ4v) is 8.78. The largest absolute Gasteiger partial charge is 0.494 e. The molecule has 0 amide bonds. The van der Waals surface area contributed by atoms with Crippen molar-refractivity contribution in [3.05, 3.63) is 82.9 Å². The Bertz CT molecular complexity index is 2140. The summed E-state index contributed by atoms with van der Waals surface area (Å²) in [7, 11) is 0. The SMILES string of the molecule is CCCCCCOc1ccc(OCCCCCC)c(/C=C(\C#N)c2ccc(OCCCCCC)c3c(/C(C#N)=C\c4cc(OCCCCCC)ccc4OCCCCCC)ccc(OCCCCCC)c23)c1. The minimum Gasteiger partial charge on any atom is -0.494 e. The van der Waals surface area contributed by atoms with Crippen molar-refractivity contribution >= 4 is 34.1 Å². The minimum atomic E-state index is 0.434. The molecule has 0 radical (unpaired) electrons. The van der Waals surface area contributed by atoms with Gasteiger partial charge in [-0.3, -0.25) is 0 Å². The number of rotatable bonds is 40. The van der Waals surface area contributed by atoms with Crippen molar-refractivity contribution in [3.63, 3.8) is 0 Å². The number of allylic oxidation sites excluding steroid dienone is 2. The number of fused-ring (bicyclic) bond motifs is 1. The summed E-state index contributed by atoms with van der Waals surface area (Å²) in [6.45, 7) is 16.7. The highest BCUT2D eigenvalue weighted by Gasteiger charge is 2.22. The zero-order valence-corrected chi connectivity index (χ0v) is 45.5. The fourth-order valence-electron chi connectivity index (χ4n) is 8.78. The van der Waals surface area contributed by atoms with Crippen LogP contribution in [0.2, 0.25) is 0 Å². The van der Waals surface area contributed by atoms with E-state index in [0.29, 0.717) is 84.9 Å². The van der Waals surface area contributed by atoms with Crippen molar-refractivity contribution < 1.29 is 28.4 Å². The summed E-state index contributed by atoms with van der Waals surface area (Å²) >= 11 is 0. The molecule has 4 rings (SSSR count). The van der Waals surface area contributed by atoms with Gasteiger partial charge >= 0.3 is 0 Å². The Morgan fingerprint density at radius 3 is 0.917 bits per heavy atom. The first-order chi connectivity index (χ1) is 35.5. The zero-order valence-electron chi connectivity index (χ0n) is 45.5. The van der Waals surface area contributed by atoms with E-state index in [9.17, 15) is 10.5 Å². The van der Waals surface area contributed by atoms with Gasteiger partial charge in [0.05, 0.1) is 62.9 Å². The molecule has 8 heteroatoms. The standard InChI is InChI=1S/C64H90N2O6/c1-7-13-19-25-39-67-55-31-35-59(69-41-27-21-15-9-3)51(47-55)45-53(49-65)57-33-37-62(72-44-30-24-18-12-6)64-58(34-38-61(63(57)64)71-43-29-23-17-11-5)54(50-66)46-52-48-56(68-40-26-20-14-8-2)32-36-60(52)70-42-28-22-16-10-4/h31-38,45-48H,7-30,39-44H2,1-6H3/b53-45-,54-46+. The van der Waals surface area contributed by atoms with Crippen LogP contribution in [0.3, 0.4) is 0 Å². The smallest absolute Gasteiger partial charge is 0.127 e. The van der Waals surface area contributed by atoms with E-state index in [1.54, 1.807) is 0 Å². The lowest BCUT2D eigenvalue weighted by Crippen LogP contribution is -2.04. The highest BCUT2D eigenvalue weighted by molar-refractivity contribution is 6.12. The van der Waals surface area contributed by atoms with E-state index in [4.69, 9.17) is 28.4 Å². The number of ether oxygens (including phenoxy) is 6. The number of hydrogen-bond acceptors (Lipinski definition) is 8. The molecule has 0 fully saturated rings. The van der Waals surface area contributed by atoms with Crippen molar-refractivity contribution in [3.8, 4) is 46.6 Å². The van der Waals surface area contributed by atoms with Crippen LogP contribution in [0.1, 0.15) is 218 Å². The second kappa shape index (κ2) is 36.3. The van der Waals surface area contributed by atoms with E-state index in [0.717, 1.165) is 175 Å². The predicted octanol–water partition coefficient (Wildman–Crippen LogP) is 18.7. The van der Waals surface area contributed by atoms with Crippen molar-refractivity contribution in [1.29, 1.82) is 10.5 Å². The number of nitrogens with zero attached hydrogens (tertiary/aromatic N) is 2. The van der Waals surface area contributed by atoms with Crippen molar-refractivity contribution in [2.75, 3.05) is 39.6 Å². The van der Waals surface area contributed by atoms with Crippen LogP contribution in [0.5, 0.6) is 34.5 Å². The van der Waals surface area contributed by atoms with Crippen LogP contribution in [0.4, 0.5) is 0 Å². The van der Waals surface area contributed by atoms with Crippen LogP contribution in [-0.4, -0.2) is 39.6 Å². The van der Waals surface area contributed by atoms with Crippen molar-refractivity contribution in [2.45, 2.75) is 196 Å². The molecule has 0 aliphatic heterocycles. The Morgan fingerprint density at radius 1 is 0.347 bits per heavy atom. The van der Waals surface area contributed by atoms with Gasteiger partial charge in [-0.25, -0.2) is 0 Å². The third kappa shape index (κ3) is 20.5. The third-order valence-corrected chi connectivity index (χ3v) is 13.0. The van der Waals surface area contributed by atoms with Crippen LogP contribution in [0, 0.1) is 22.7 Å². The number of benzene rings is 4. The lowest BCUT2D eigenvalue weighted by atomic mass is 9.90. The van der Waals surface area contributed by atoms with Crippen LogP contribution in [-0.2, 0) is 0 Å². The molecule has 0 aliphatic carbocycles. The molecule has 0 heterocycles. The topological polar surface area (TPSA) is 103 Å². The molecule has 392 valence electrons. The highest BCUT2D eigenvalue weighted by Crippen LogP contribution is 2.44. The molecule has 0 N–H and O–H groups in total. The molecule has 72 heavy (non-hydrogen) atoms. The van der Waals surface area contributed by atoms with E-state index >= 15 is 0 Å². The summed E-state index contributed by atoms with van der Waals surface area (Å²) in [5, 5.41) is 24.0. The Labute approximate surface area is 436 Å².